The number of aliphatic hydroxyl groups is 2. The van der Waals surface area contributed by atoms with Gasteiger partial charge in [0.2, 0.25) is 5.91 Å². The number of anilines is 5. The van der Waals surface area contributed by atoms with Crippen molar-refractivity contribution in [3.8, 4) is 11.5 Å². The molecule has 5 atom stereocenters. The summed E-state index contributed by atoms with van der Waals surface area (Å²) >= 11 is 0. The Hall–Kier alpha value is -5.76. The zero-order chi connectivity index (χ0) is 40.5. The number of amides is 4. The zero-order valence-electron chi connectivity index (χ0n) is 32.7. The Morgan fingerprint density at radius 1 is 0.828 bits per heavy atom. The van der Waals surface area contributed by atoms with Crippen molar-refractivity contribution in [3.05, 3.63) is 102 Å². The van der Waals surface area contributed by atoms with Gasteiger partial charge in [0.05, 0.1) is 54.4 Å². The first-order valence-corrected chi connectivity index (χ1v) is 19.9. The fraction of sp³-hybridized carbons (Fsp3) is 0.378. The van der Waals surface area contributed by atoms with Crippen molar-refractivity contribution < 1.29 is 43.6 Å². The molecule has 4 aromatic carbocycles. The Bertz CT molecular complexity index is 2310. The summed E-state index contributed by atoms with van der Waals surface area (Å²) in [4.78, 5) is 62.4. The first-order valence-electron chi connectivity index (χ1n) is 19.9. The van der Waals surface area contributed by atoms with Gasteiger partial charge < -0.3 is 34.2 Å². The van der Waals surface area contributed by atoms with E-state index in [1.807, 2.05) is 79.7 Å². The van der Waals surface area contributed by atoms with Crippen LogP contribution in [0.15, 0.2) is 91.0 Å². The number of benzene rings is 4. The van der Waals surface area contributed by atoms with Crippen molar-refractivity contribution >= 4 is 52.1 Å². The van der Waals surface area contributed by atoms with E-state index < -0.39 is 29.1 Å². The van der Waals surface area contributed by atoms with Gasteiger partial charge >= 0.3 is 0 Å². The molecule has 13 heteroatoms. The predicted molar refractivity (Wildman–Crippen MR) is 214 cm³/mol. The summed E-state index contributed by atoms with van der Waals surface area (Å²) in [7, 11) is 0. The summed E-state index contributed by atoms with van der Waals surface area (Å²) in [6.45, 7) is 5.53. The molecule has 13 nitrogen and oxygen atoms in total. The fourth-order valence-corrected chi connectivity index (χ4v) is 9.91. The van der Waals surface area contributed by atoms with Gasteiger partial charge in [0, 0.05) is 35.3 Å². The number of rotatable bonds is 8. The van der Waals surface area contributed by atoms with Crippen LogP contribution in [0.3, 0.4) is 0 Å². The summed E-state index contributed by atoms with van der Waals surface area (Å²) < 4.78 is 18.4. The molecule has 0 saturated carbocycles. The van der Waals surface area contributed by atoms with Crippen molar-refractivity contribution in [2.75, 3.05) is 41.1 Å². The molecule has 0 radical (unpaired) electrons. The van der Waals surface area contributed by atoms with Gasteiger partial charge in [-0.25, -0.2) is 0 Å². The number of hydrogen-bond acceptors (Lipinski definition) is 9. The van der Waals surface area contributed by atoms with Gasteiger partial charge in [-0.15, -0.1) is 0 Å². The van der Waals surface area contributed by atoms with Gasteiger partial charge in [-0.05, 0) is 86.8 Å². The van der Waals surface area contributed by atoms with E-state index >= 15 is 4.79 Å². The van der Waals surface area contributed by atoms with E-state index in [9.17, 15) is 24.6 Å². The molecule has 300 valence electrons. The molecule has 0 aromatic heterocycles. The monoisotopic (exact) mass is 786 g/mol. The number of fused-ring (bicyclic) bond motifs is 4. The average molecular weight is 787 g/mol. The minimum absolute atomic E-state index is 0.0833. The lowest BCUT2D eigenvalue weighted by molar-refractivity contribution is -0.150. The average Bonchev–Trinajstić information content (AvgIpc) is 3.88. The number of likely N-dealkylation sites (tertiary alicyclic amines) is 1. The maximum atomic E-state index is 15.3. The van der Waals surface area contributed by atoms with Crippen LogP contribution in [0.4, 0.5) is 28.4 Å². The number of carbonyl (C=O) groups is 4. The van der Waals surface area contributed by atoms with Crippen LogP contribution in [-0.4, -0.2) is 82.9 Å². The molecule has 5 aliphatic rings. The van der Waals surface area contributed by atoms with E-state index in [1.165, 1.54) is 0 Å². The van der Waals surface area contributed by atoms with Crippen LogP contribution in [0.1, 0.15) is 51.2 Å². The number of carbonyl (C=O) groups excluding carboxylic acids is 4. The molecule has 9 rings (SSSR count). The Morgan fingerprint density at radius 3 is 2.05 bits per heavy atom. The summed E-state index contributed by atoms with van der Waals surface area (Å²) in [5.41, 5.74) is 1.31. The summed E-state index contributed by atoms with van der Waals surface area (Å²) in [5, 5.41) is 21.8. The van der Waals surface area contributed by atoms with Gasteiger partial charge in [0.25, 0.3) is 17.7 Å². The second-order valence-corrected chi connectivity index (χ2v) is 16.4. The van der Waals surface area contributed by atoms with Crippen LogP contribution in [0.5, 0.6) is 11.5 Å². The summed E-state index contributed by atoms with van der Waals surface area (Å²) in [6, 6.07) is 27.2. The van der Waals surface area contributed by atoms with E-state index in [1.54, 1.807) is 51.6 Å². The molecular formula is C45H46N4O9. The van der Waals surface area contributed by atoms with Crippen LogP contribution in [0.2, 0.25) is 0 Å². The highest BCUT2D eigenvalue weighted by molar-refractivity contribution is 6.10. The van der Waals surface area contributed by atoms with Crippen LogP contribution in [-0.2, 0) is 36.1 Å². The Labute approximate surface area is 336 Å². The fourth-order valence-electron chi connectivity index (χ4n) is 9.91. The molecule has 2 saturated heterocycles. The van der Waals surface area contributed by atoms with E-state index in [-0.39, 0.29) is 62.5 Å². The minimum Gasteiger partial charge on any atom is -0.482 e. The van der Waals surface area contributed by atoms with Gasteiger partial charge in [-0.1, -0.05) is 43.3 Å². The second kappa shape index (κ2) is 14.3. The lowest BCUT2D eigenvalue weighted by Crippen LogP contribution is -2.46. The molecule has 5 aliphatic heterocycles. The van der Waals surface area contributed by atoms with Gasteiger partial charge in [-0.2, -0.15) is 0 Å². The standard InChI is InChI=1S/C45H46N4O9/c1-27-42(44(2,3)55)38(22-39(51)46-20-8-9-31(46)24-50)58-45(27)32-21-30(49-35-11-5-7-13-37(35)57-26-41(49)53)18-19-33(32)47(43(45)54)23-28-14-16-29(17-15-28)48-34-10-4-6-12-36(34)56-25-40(48)52/h4-7,10-19,21,27,31,38,42,50,55H,8-9,20,22-26H2,1-3H3/t27-,31-,38+,42-,45+/m0/s1. The molecule has 0 bridgehead atoms. The van der Waals surface area contributed by atoms with E-state index in [2.05, 4.69) is 0 Å². The molecule has 2 fully saturated rings. The summed E-state index contributed by atoms with van der Waals surface area (Å²) in [6.07, 6.45) is 0.552. The van der Waals surface area contributed by atoms with Crippen LogP contribution < -0.4 is 24.2 Å². The number of para-hydroxylation sites is 4. The Kier molecular flexibility index (Phi) is 9.29. The predicted octanol–water partition coefficient (Wildman–Crippen LogP) is 5.34. The lowest BCUT2D eigenvalue weighted by atomic mass is 9.70. The molecule has 0 aliphatic carbocycles. The maximum absolute atomic E-state index is 15.3. The first kappa shape index (κ1) is 37.8. The zero-order valence-corrected chi connectivity index (χ0v) is 32.7. The number of ether oxygens (including phenoxy) is 3. The largest absolute Gasteiger partial charge is 0.482 e. The molecule has 5 heterocycles. The number of aliphatic hydroxyl groups excluding tert-OH is 1. The third-order valence-corrected chi connectivity index (χ3v) is 12.5. The van der Waals surface area contributed by atoms with Crippen molar-refractivity contribution in [2.24, 2.45) is 11.8 Å². The summed E-state index contributed by atoms with van der Waals surface area (Å²) in [5.74, 6) is -1.13. The second-order valence-electron chi connectivity index (χ2n) is 16.4. The van der Waals surface area contributed by atoms with E-state index in [0.717, 1.165) is 12.0 Å². The van der Waals surface area contributed by atoms with E-state index in [0.29, 0.717) is 58.5 Å². The SMILES string of the molecule is C[C@H]1[C@H](C(C)(C)O)[C@@H](CC(=O)N2CCC[C@H]2CO)O[C@]12C(=O)N(Cc1ccc(N3C(=O)COc4ccccc43)cc1)c1ccc(N3C(=O)COc4ccccc43)cc12. The van der Waals surface area contributed by atoms with Crippen LogP contribution in [0, 0.1) is 11.8 Å². The molecule has 4 aromatic rings. The van der Waals surface area contributed by atoms with E-state index in [4.69, 9.17) is 14.2 Å². The first-order chi connectivity index (χ1) is 27.9. The molecule has 1 spiro atoms. The lowest BCUT2D eigenvalue weighted by Gasteiger charge is -2.34. The smallest absolute Gasteiger partial charge is 0.269 e. The number of nitrogens with zero attached hydrogens (tertiary/aromatic N) is 4. The highest BCUT2D eigenvalue weighted by atomic mass is 16.5. The third kappa shape index (κ3) is 6.02. The topological polar surface area (TPSA) is 149 Å². The Morgan fingerprint density at radius 2 is 1.43 bits per heavy atom. The quantitative estimate of drug-likeness (QED) is 0.242. The highest BCUT2D eigenvalue weighted by Crippen LogP contribution is 2.59. The number of hydrogen-bond donors (Lipinski definition) is 2. The third-order valence-electron chi connectivity index (χ3n) is 12.5. The van der Waals surface area contributed by atoms with Gasteiger partial charge in [0.15, 0.2) is 18.8 Å². The van der Waals surface area contributed by atoms with Crippen molar-refractivity contribution in [2.45, 2.75) is 69.9 Å². The van der Waals surface area contributed by atoms with Crippen molar-refractivity contribution in [1.82, 2.24) is 4.90 Å². The molecular weight excluding hydrogens is 741 g/mol. The molecule has 2 N–H and O–H groups in total. The maximum Gasteiger partial charge on any atom is 0.269 e. The van der Waals surface area contributed by atoms with Crippen LogP contribution >= 0.6 is 0 Å². The normalized spacial score (nSPS) is 25.2. The molecule has 58 heavy (non-hydrogen) atoms. The molecule has 4 amide bonds. The van der Waals surface area contributed by atoms with Crippen molar-refractivity contribution in [1.29, 1.82) is 0 Å². The highest BCUT2D eigenvalue weighted by Gasteiger charge is 2.66. The van der Waals surface area contributed by atoms with Gasteiger partial charge in [-0.3, -0.25) is 29.0 Å². The van der Waals surface area contributed by atoms with Crippen molar-refractivity contribution in [3.63, 3.8) is 0 Å². The van der Waals surface area contributed by atoms with Gasteiger partial charge in [0.1, 0.15) is 11.5 Å². The minimum atomic E-state index is -1.62. The Balaban J connectivity index is 1.11. The van der Waals surface area contributed by atoms with Crippen LogP contribution in [0.25, 0.3) is 0 Å². The molecule has 0 unspecified atom stereocenters.